The smallest absolute Gasteiger partial charge is 0.128 e. The van der Waals surface area contributed by atoms with Crippen LogP contribution in [-0.4, -0.2) is 20.0 Å². The van der Waals surface area contributed by atoms with E-state index in [0.29, 0.717) is 18.4 Å². The number of nitrogens with zero attached hydrogens (tertiary/aromatic N) is 1. The quantitative estimate of drug-likeness (QED) is 0.378. The van der Waals surface area contributed by atoms with E-state index in [-0.39, 0.29) is 5.57 Å². The first-order chi connectivity index (χ1) is 7.21. The lowest BCUT2D eigenvalue weighted by atomic mass is 10.1. The van der Waals surface area contributed by atoms with Gasteiger partial charge < -0.3 is 4.84 Å². The molecule has 0 unspecified atom stereocenters. The summed E-state index contributed by atoms with van der Waals surface area (Å²) in [6, 6.07) is 0. The summed E-state index contributed by atoms with van der Waals surface area (Å²) in [4.78, 5) is 4.46. The van der Waals surface area contributed by atoms with Gasteiger partial charge in [-0.05, 0) is 24.5 Å². The van der Waals surface area contributed by atoms with Crippen LogP contribution in [0.4, 0.5) is 8.78 Å². The van der Waals surface area contributed by atoms with Crippen LogP contribution in [0.3, 0.4) is 0 Å². The summed E-state index contributed by atoms with van der Waals surface area (Å²) in [5.41, 5.74) is 0.571. The summed E-state index contributed by atoms with van der Waals surface area (Å²) < 4.78 is 26.1. The Morgan fingerprint density at radius 2 is 2.07 bits per heavy atom. The van der Waals surface area contributed by atoms with Crippen LogP contribution in [0.25, 0.3) is 0 Å². The molecule has 0 aliphatic carbocycles. The second-order valence-corrected chi connectivity index (χ2v) is 2.88. The number of rotatable bonds is 6. The Hall–Kier alpha value is -1.19. The Balaban J connectivity index is 5.11. The van der Waals surface area contributed by atoms with E-state index in [9.17, 15) is 8.78 Å². The lowest BCUT2D eigenvalue weighted by Gasteiger charge is -2.04. The molecule has 0 fully saturated rings. The molecule has 0 radical (unpaired) electrons. The molecule has 0 saturated heterocycles. The maximum absolute atomic E-state index is 13.5. The first-order valence-corrected chi connectivity index (χ1v) is 4.91. The second-order valence-electron chi connectivity index (χ2n) is 2.88. The van der Waals surface area contributed by atoms with Crippen LogP contribution in [0, 0.1) is 0 Å². The van der Waals surface area contributed by atoms with Gasteiger partial charge in [0, 0.05) is 5.57 Å². The molecule has 15 heavy (non-hydrogen) atoms. The molecule has 0 aromatic rings. The first-order valence-electron chi connectivity index (χ1n) is 4.91. The van der Waals surface area contributed by atoms with Crippen molar-refractivity contribution < 1.29 is 13.6 Å². The van der Waals surface area contributed by atoms with E-state index in [1.807, 2.05) is 6.92 Å². The largest absolute Gasteiger partial charge is 0.399 e. The highest BCUT2D eigenvalue weighted by molar-refractivity contribution is 5.84. The molecule has 0 spiro atoms. The number of allylic oxidation sites excluding steroid dienone is 4. The number of hydrogen-bond acceptors (Lipinski definition) is 2. The zero-order valence-electron chi connectivity index (χ0n) is 9.39. The van der Waals surface area contributed by atoms with Gasteiger partial charge in [-0.25, -0.2) is 8.78 Å². The third-order valence-corrected chi connectivity index (χ3v) is 1.90. The number of halogens is 2. The highest BCUT2D eigenvalue weighted by atomic mass is 19.1. The van der Waals surface area contributed by atoms with E-state index in [2.05, 4.69) is 9.99 Å². The van der Waals surface area contributed by atoms with Gasteiger partial charge in [-0.3, -0.25) is 0 Å². The molecule has 0 amide bonds. The van der Waals surface area contributed by atoms with Crippen molar-refractivity contribution in [2.24, 2.45) is 5.16 Å². The minimum atomic E-state index is -0.674. The Morgan fingerprint density at radius 1 is 1.40 bits per heavy atom. The zero-order valence-corrected chi connectivity index (χ0v) is 9.39. The van der Waals surface area contributed by atoms with Gasteiger partial charge in [-0.2, -0.15) is 0 Å². The van der Waals surface area contributed by atoms with Crippen molar-refractivity contribution in [1.82, 2.24) is 0 Å². The predicted octanol–water partition coefficient (Wildman–Crippen LogP) is 3.56. The molecule has 0 atom stereocenters. The van der Waals surface area contributed by atoms with E-state index in [4.69, 9.17) is 0 Å². The van der Waals surface area contributed by atoms with Crippen LogP contribution in [0.5, 0.6) is 0 Å². The Morgan fingerprint density at radius 3 is 2.47 bits per heavy atom. The van der Waals surface area contributed by atoms with Crippen molar-refractivity contribution in [3.63, 3.8) is 0 Å². The molecule has 0 heterocycles. The molecule has 4 heteroatoms. The van der Waals surface area contributed by atoms with Crippen molar-refractivity contribution in [3.05, 3.63) is 23.0 Å². The van der Waals surface area contributed by atoms with Gasteiger partial charge in [-0.1, -0.05) is 19.0 Å². The summed E-state index contributed by atoms with van der Waals surface area (Å²) in [5, 5.41) is 3.46. The van der Waals surface area contributed by atoms with Gasteiger partial charge in [-0.15, -0.1) is 0 Å². The first kappa shape index (κ1) is 13.8. The van der Waals surface area contributed by atoms with E-state index in [0.717, 1.165) is 0 Å². The highest BCUT2D eigenvalue weighted by Crippen LogP contribution is 2.18. The molecule has 0 aliphatic heterocycles. The summed E-state index contributed by atoms with van der Waals surface area (Å²) in [5.74, 6) is -0.451. The van der Waals surface area contributed by atoms with Crippen molar-refractivity contribution in [2.45, 2.75) is 26.7 Å². The summed E-state index contributed by atoms with van der Waals surface area (Å²) in [7, 11) is 1.36. The third kappa shape index (κ3) is 4.72. The molecule has 0 bridgehead atoms. The van der Waals surface area contributed by atoms with Crippen molar-refractivity contribution in [2.75, 3.05) is 13.8 Å². The Kier molecular flexibility index (Phi) is 7.50. The molecule has 0 saturated carbocycles. The summed E-state index contributed by atoms with van der Waals surface area (Å²) in [6.07, 6.45) is 3.61. The normalized spacial score (nSPS) is 14.3. The average molecular weight is 217 g/mol. The van der Waals surface area contributed by atoms with Crippen LogP contribution >= 0.6 is 0 Å². The molecule has 0 N–H and O–H groups in total. The predicted molar refractivity (Wildman–Crippen MR) is 58.3 cm³/mol. The molecule has 0 aromatic heterocycles. The maximum Gasteiger partial charge on any atom is 0.128 e. The van der Waals surface area contributed by atoms with Gasteiger partial charge in [0.2, 0.25) is 0 Å². The summed E-state index contributed by atoms with van der Waals surface area (Å²) >= 11 is 0. The van der Waals surface area contributed by atoms with Crippen LogP contribution in [0.15, 0.2) is 28.2 Å². The van der Waals surface area contributed by atoms with Crippen LogP contribution in [0.2, 0.25) is 0 Å². The highest BCUT2D eigenvalue weighted by Gasteiger charge is 2.08. The summed E-state index contributed by atoms with van der Waals surface area (Å²) in [6.45, 7) is 2.91. The maximum atomic E-state index is 13.5. The molecular weight excluding hydrogens is 200 g/mol. The standard InChI is InChI=1S/C11H17F2NO/c1-4-6-11(13)10(8-14-15-3)9(5-2)7-12/h6,8H,4-5,7H2,1-3H3/b10-9+,11-6+,14-8+. The van der Waals surface area contributed by atoms with Gasteiger partial charge >= 0.3 is 0 Å². The SMILES string of the molecule is CC\C=C(F)/C(/C=N/OC)=C(\CC)CF. The third-order valence-electron chi connectivity index (χ3n) is 1.90. The fourth-order valence-electron chi connectivity index (χ4n) is 1.07. The van der Waals surface area contributed by atoms with Crippen molar-refractivity contribution in [3.8, 4) is 0 Å². The van der Waals surface area contributed by atoms with E-state index < -0.39 is 12.5 Å². The van der Waals surface area contributed by atoms with Gasteiger partial charge in [0.1, 0.15) is 19.6 Å². The van der Waals surface area contributed by atoms with E-state index in [1.165, 1.54) is 19.4 Å². The monoisotopic (exact) mass is 217 g/mol. The molecule has 86 valence electrons. The Bertz CT molecular complexity index is 264. The number of alkyl halides is 1. The number of oxime groups is 1. The van der Waals surface area contributed by atoms with E-state index in [1.54, 1.807) is 6.92 Å². The minimum Gasteiger partial charge on any atom is -0.399 e. The molecule has 0 aliphatic rings. The van der Waals surface area contributed by atoms with Gasteiger partial charge in [0.15, 0.2) is 0 Å². The fourth-order valence-corrected chi connectivity index (χ4v) is 1.07. The number of hydrogen-bond donors (Lipinski definition) is 0. The lowest BCUT2D eigenvalue weighted by molar-refractivity contribution is 0.215. The van der Waals surface area contributed by atoms with Crippen molar-refractivity contribution >= 4 is 6.21 Å². The average Bonchev–Trinajstić information content (AvgIpc) is 2.24. The molecule has 0 rings (SSSR count). The fraction of sp³-hybridized carbons (Fsp3) is 0.545. The zero-order chi connectivity index (χ0) is 11.7. The molecule has 0 aromatic carbocycles. The molecular formula is C11H17F2NO. The van der Waals surface area contributed by atoms with Gasteiger partial charge in [0.25, 0.3) is 0 Å². The van der Waals surface area contributed by atoms with Crippen LogP contribution in [0.1, 0.15) is 26.7 Å². The molecule has 2 nitrogen and oxygen atoms in total. The Labute approximate surface area is 89.3 Å². The topological polar surface area (TPSA) is 21.6 Å². The lowest BCUT2D eigenvalue weighted by Crippen LogP contribution is -1.97. The van der Waals surface area contributed by atoms with Crippen LogP contribution < -0.4 is 0 Å². The second kappa shape index (κ2) is 8.15. The van der Waals surface area contributed by atoms with E-state index >= 15 is 0 Å². The van der Waals surface area contributed by atoms with Crippen LogP contribution in [-0.2, 0) is 4.84 Å². The van der Waals surface area contributed by atoms with Crippen molar-refractivity contribution in [1.29, 1.82) is 0 Å². The minimum absolute atomic E-state index is 0.184. The van der Waals surface area contributed by atoms with Gasteiger partial charge in [0.05, 0.1) is 6.21 Å².